The first-order valence-corrected chi connectivity index (χ1v) is 12.3. The smallest absolute Gasteiger partial charge is 0.238 e. The fourth-order valence-electron chi connectivity index (χ4n) is 2.76. The normalized spacial score (nSPS) is 12.5. The summed E-state index contributed by atoms with van der Waals surface area (Å²) in [6.45, 7) is 2.70. The molecule has 1 atom stereocenters. The third-order valence-corrected chi connectivity index (χ3v) is 6.70. The number of halogens is 1. The Kier molecular flexibility index (Phi) is 7.91. The molecule has 0 saturated carbocycles. The van der Waals surface area contributed by atoms with E-state index in [1.54, 1.807) is 26.2 Å². The van der Waals surface area contributed by atoms with Crippen molar-refractivity contribution < 1.29 is 17.9 Å². The van der Waals surface area contributed by atoms with Crippen molar-refractivity contribution in [1.29, 1.82) is 0 Å². The molecular weight excluding hydrogens is 474 g/mol. The quantitative estimate of drug-likeness (QED) is 0.436. The molecule has 9 nitrogen and oxygen atoms in total. The van der Waals surface area contributed by atoms with Crippen LogP contribution >= 0.6 is 23.4 Å². The molecule has 170 valence electrons. The van der Waals surface area contributed by atoms with Crippen LogP contribution in [0.5, 0.6) is 0 Å². The summed E-state index contributed by atoms with van der Waals surface area (Å²) in [5.41, 5.74) is 1.30. The van der Waals surface area contributed by atoms with Gasteiger partial charge in [-0.15, -0.1) is 10.2 Å². The van der Waals surface area contributed by atoms with E-state index in [0.29, 0.717) is 34.8 Å². The molecule has 1 unspecified atom stereocenters. The number of methoxy groups -OCH3 is 1. The molecule has 1 aromatic heterocycles. The lowest BCUT2D eigenvalue weighted by molar-refractivity contribution is -0.115. The Bertz CT molecular complexity index is 1180. The first kappa shape index (κ1) is 24.2. The molecule has 0 aliphatic heterocycles. The summed E-state index contributed by atoms with van der Waals surface area (Å²) in [7, 11) is -2.19. The third-order valence-electron chi connectivity index (χ3n) is 4.44. The molecule has 0 bridgehead atoms. The number of primary sulfonamides is 1. The fraction of sp³-hybridized carbons (Fsp3) is 0.250. The molecule has 0 aliphatic rings. The highest BCUT2D eigenvalue weighted by Crippen LogP contribution is 2.28. The second-order valence-electron chi connectivity index (χ2n) is 6.78. The molecule has 12 heteroatoms. The van der Waals surface area contributed by atoms with Gasteiger partial charge in [-0.3, -0.25) is 9.36 Å². The maximum Gasteiger partial charge on any atom is 0.238 e. The van der Waals surface area contributed by atoms with Crippen LogP contribution in [0.15, 0.2) is 58.6 Å². The predicted molar refractivity (Wildman–Crippen MR) is 124 cm³/mol. The molecule has 0 radical (unpaired) electrons. The van der Waals surface area contributed by atoms with Crippen LogP contribution in [0.2, 0.25) is 5.02 Å². The van der Waals surface area contributed by atoms with E-state index in [-0.39, 0.29) is 10.8 Å². The number of hydrogen-bond acceptors (Lipinski definition) is 7. The average Bonchev–Trinajstić information content (AvgIpc) is 3.14. The highest BCUT2D eigenvalue weighted by atomic mass is 35.5. The Morgan fingerprint density at radius 2 is 1.84 bits per heavy atom. The second-order valence-corrected chi connectivity index (χ2v) is 10.1. The number of nitrogens with two attached hydrogens (primary N) is 1. The number of carbonyl (C=O) groups is 1. The highest BCUT2D eigenvalue weighted by Gasteiger charge is 2.21. The topological polar surface area (TPSA) is 129 Å². The van der Waals surface area contributed by atoms with Crippen molar-refractivity contribution in [3.05, 3.63) is 53.6 Å². The average molecular weight is 496 g/mol. The fourth-order valence-corrected chi connectivity index (χ4v) is 4.27. The molecule has 32 heavy (non-hydrogen) atoms. The molecule has 0 saturated heterocycles. The molecule has 0 aliphatic carbocycles. The number of nitrogens with one attached hydrogen (secondary N) is 1. The second kappa shape index (κ2) is 10.5. The van der Waals surface area contributed by atoms with Crippen LogP contribution in [0.1, 0.15) is 6.92 Å². The van der Waals surface area contributed by atoms with Gasteiger partial charge >= 0.3 is 0 Å². The molecule has 0 spiro atoms. The van der Waals surface area contributed by atoms with Crippen LogP contribution in [0, 0.1) is 0 Å². The van der Waals surface area contributed by atoms with Gasteiger partial charge in [-0.05, 0) is 55.5 Å². The van der Waals surface area contributed by atoms with Crippen LogP contribution in [0.25, 0.3) is 11.4 Å². The summed E-state index contributed by atoms with van der Waals surface area (Å²) in [5.74, 6) is 0.375. The van der Waals surface area contributed by atoms with Crippen molar-refractivity contribution in [2.75, 3.05) is 19.0 Å². The standard InChI is InChI=1S/C20H22ClN5O4S2/c1-13(19(27)23-16-7-9-17(10-8-16)32(22,28)29)31-20-25-24-18(26(20)11-12-30-2)14-3-5-15(21)6-4-14/h3-10,13H,11-12H2,1-2H3,(H,23,27)(H2,22,28,29). The van der Waals surface area contributed by atoms with E-state index in [1.165, 1.54) is 36.0 Å². The number of aromatic nitrogens is 3. The molecule has 3 rings (SSSR count). The molecule has 2 aromatic carbocycles. The summed E-state index contributed by atoms with van der Waals surface area (Å²) in [6.07, 6.45) is 0. The van der Waals surface area contributed by atoms with Gasteiger partial charge < -0.3 is 10.1 Å². The van der Waals surface area contributed by atoms with Gasteiger partial charge in [0.05, 0.1) is 23.3 Å². The number of carbonyl (C=O) groups excluding carboxylic acids is 1. The van der Waals surface area contributed by atoms with E-state index in [0.717, 1.165) is 5.56 Å². The zero-order valence-corrected chi connectivity index (χ0v) is 19.7. The molecular formula is C20H22ClN5O4S2. The van der Waals surface area contributed by atoms with Gasteiger partial charge in [0, 0.05) is 23.4 Å². The Labute approximate surface area is 195 Å². The SMILES string of the molecule is COCCn1c(SC(C)C(=O)Nc2ccc(S(N)(=O)=O)cc2)nnc1-c1ccc(Cl)cc1. The minimum Gasteiger partial charge on any atom is -0.383 e. The number of rotatable bonds is 9. The summed E-state index contributed by atoms with van der Waals surface area (Å²) in [5, 5.41) is 17.1. The summed E-state index contributed by atoms with van der Waals surface area (Å²) in [4.78, 5) is 12.6. The number of amides is 1. The zero-order chi connectivity index (χ0) is 23.3. The van der Waals surface area contributed by atoms with Gasteiger partial charge in [-0.2, -0.15) is 0 Å². The van der Waals surface area contributed by atoms with Crippen molar-refractivity contribution in [3.8, 4) is 11.4 Å². The lowest BCUT2D eigenvalue weighted by atomic mass is 10.2. The van der Waals surface area contributed by atoms with Crippen LogP contribution < -0.4 is 10.5 Å². The molecule has 3 N–H and O–H groups in total. The number of hydrogen-bond donors (Lipinski definition) is 2. The predicted octanol–water partition coefficient (Wildman–Crippen LogP) is 3.01. The number of anilines is 1. The maximum atomic E-state index is 12.7. The summed E-state index contributed by atoms with van der Waals surface area (Å²) < 4.78 is 29.8. The Morgan fingerprint density at radius 3 is 2.44 bits per heavy atom. The van der Waals surface area contributed by atoms with Crippen molar-refractivity contribution >= 4 is 45.0 Å². The maximum absolute atomic E-state index is 12.7. The third kappa shape index (κ3) is 6.08. The van der Waals surface area contributed by atoms with Crippen molar-refractivity contribution in [2.24, 2.45) is 5.14 Å². The molecule has 3 aromatic rings. The lowest BCUT2D eigenvalue weighted by Gasteiger charge is -2.14. The molecule has 0 fully saturated rings. The Balaban J connectivity index is 1.75. The van der Waals surface area contributed by atoms with Crippen molar-refractivity contribution in [1.82, 2.24) is 14.8 Å². The van der Waals surface area contributed by atoms with Crippen LogP contribution in [-0.4, -0.2) is 48.1 Å². The van der Waals surface area contributed by atoms with Gasteiger partial charge in [0.15, 0.2) is 11.0 Å². The lowest BCUT2D eigenvalue weighted by Crippen LogP contribution is -2.23. The van der Waals surface area contributed by atoms with Gasteiger partial charge in [-0.1, -0.05) is 23.4 Å². The number of thioether (sulfide) groups is 1. The van der Waals surface area contributed by atoms with E-state index in [9.17, 15) is 13.2 Å². The Hall–Kier alpha value is -2.44. The van der Waals surface area contributed by atoms with Crippen molar-refractivity contribution in [2.45, 2.75) is 28.8 Å². The van der Waals surface area contributed by atoms with E-state index in [4.69, 9.17) is 21.5 Å². The van der Waals surface area contributed by atoms with Gasteiger partial charge in [0.25, 0.3) is 0 Å². The van der Waals surface area contributed by atoms with Gasteiger partial charge in [-0.25, -0.2) is 13.6 Å². The molecule has 1 amide bonds. The number of benzene rings is 2. The number of nitrogens with zero attached hydrogens (tertiary/aromatic N) is 3. The number of ether oxygens (including phenoxy) is 1. The largest absolute Gasteiger partial charge is 0.383 e. The summed E-state index contributed by atoms with van der Waals surface area (Å²) in [6, 6.07) is 12.9. The van der Waals surface area contributed by atoms with Crippen LogP contribution in [-0.2, 0) is 26.1 Å². The van der Waals surface area contributed by atoms with Gasteiger partial charge in [0.1, 0.15) is 0 Å². The minimum absolute atomic E-state index is 0.0288. The highest BCUT2D eigenvalue weighted by molar-refractivity contribution is 8.00. The monoisotopic (exact) mass is 495 g/mol. The van der Waals surface area contributed by atoms with E-state index in [2.05, 4.69) is 15.5 Å². The van der Waals surface area contributed by atoms with E-state index < -0.39 is 15.3 Å². The van der Waals surface area contributed by atoms with Gasteiger partial charge in [0.2, 0.25) is 15.9 Å². The van der Waals surface area contributed by atoms with E-state index in [1.807, 2.05) is 16.7 Å². The Morgan fingerprint density at radius 1 is 1.19 bits per heavy atom. The van der Waals surface area contributed by atoms with Crippen molar-refractivity contribution in [3.63, 3.8) is 0 Å². The zero-order valence-electron chi connectivity index (χ0n) is 17.4. The first-order valence-electron chi connectivity index (χ1n) is 9.47. The first-order chi connectivity index (χ1) is 15.2. The van der Waals surface area contributed by atoms with E-state index >= 15 is 0 Å². The van der Waals surface area contributed by atoms with Crippen LogP contribution in [0.3, 0.4) is 0 Å². The minimum atomic E-state index is -3.79. The summed E-state index contributed by atoms with van der Waals surface area (Å²) >= 11 is 7.24. The number of sulfonamides is 1. The molecule has 1 heterocycles. The van der Waals surface area contributed by atoms with Crippen LogP contribution in [0.4, 0.5) is 5.69 Å².